The van der Waals surface area contributed by atoms with Crippen molar-refractivity contribution in [2.24, 2.45) is 7.05 Å². The van der Waals surface area contributed by atoms with Crippen molar-refractivity contribution >= 4 is 32.5 Å². The highest BCUT2D eigenvalue weighted by atomic mass is 32.2. The van der Waals surface area contributed by atoms with Gasteiger partial charge in [0, 0.05) is 23.6 Å². The molecule has 5 aromatic rings. The molecule has 0 aliphatic carbocycles. The van der Waals surface area contributed by atoms with Crippen LogP contribution in [0.5, 0.6) is 0 Å². The summed E-state index contributed by atoms with van der Waals surface area (Å²) in [6.45, 7) is 6.11. The summed E-state index contributed by atoms with van der Waals surface area (Å²) in [5, 5.41) is 0.968. The molecule has 43 heavy (non-hydrogen) atoms. The van der Waals surface area contributed by atoms with Gasteiger partial charge in [0.15, 0.2) is 0 Å². The molecule has 5 nitrogen and oxygen atoms in total. The number of rotatable bonds is 11. The lowest BCUT2D eigenvalue weighted by molar-refractivity contribution is -0.118. The first-order valence-electron chi connectivity index (χ1n) is 15.1. The first-order chi connectivity index (χ1) is 20.7. The van der Waals surface area contributed by atoms with Gasteiger partial charge in [0.2, 0.25) is 0 Å². The molecular weight excluding hydrogens is 552 g/mol. The van der Waals surface area contributed by atoms with Gasteiger partial charge in [-0.2, -0.15) is 0 Å². The third-order valence-electron chi connectivity index (χ3n) is 8.23. The molecule has 0 saturated carbocycles. The molecule has 5 rings (SSSR count). The number of fused-ring (bicyclic) bond motifs is 1. The van der Waals surface area contributed by atoms with E-state index in [9.17, 15) is 8.42 Å². The smallest absolute Gasteiger partial charge is 0.270 e. The van der Waals surface area contributed by atoms with Crippen LogP contribution < -0.4 is 4.31 Å². The molecule has 1 unspecified atom stereocenters. The fraction of sp³-hybridized carbons (Fsp3) is 0.270. The van der Waals surface area contributed by atoms with Crippen LogP contribution in [0, 0.1) is 13.8 Å². The van der Waals surface area contributed by atoms with Crippen LogP contribution in [-0.2, 0) is 28.3 Å². The molecule has 0 radical (unpaired) electrons. The summed E-state index contributed by atoms with van der Waals surface area (Å²) in [6, 6.07) is 31.4. The number of para-hydroxylation sites is 2. The molecule has 222 valence electrons. The fourth-order valence-corrected chi connectivity index (χ4v) is 7.32. The van der Waals surface area contributed by atoms with E-state index in [2.05, 4.69) is 30.7 Å². The lowest BCUT2D eigenvalue weighted by atomic mass is 9.86. The minimum atomic E-state index is -4.25. The van der Waals surface area contributed by atoms with Gasteiger partial charge in [-0.25, -0.2) is 12.7 Å². The Morgan fingerprint density at radius 3 is 2.02 bits per heavy atom. The number of unbranched alkanes of at least 4 members (excludes halogenated alkanes) is 3. The highest BCUT2D eigenvalue weighted by Crippen LogP contribution is 2.40. The molecule has 0 aliphatic heterocycles. The zero-order chi connectivity index (χ0) is 30.6. The number of nitrogens with zero attached hydrogens (tertiary/aromatic N) is 2. The van der Waals surface area contributed by atoms with Gasteiger partial charge in [-0.05, 0) is 68.1 Å². The van der Waals surface area contributed by atoms with Crippen molar-refractivity contribution in [3.05, 3.63) is 131 Å². The molecule has 0 aliphatic rings. The highest BCUT2D eigenvalue weighted by Gasteiger charge is 2.39. The van der Waals surface area contributed by atoms with E-state index in [4.69, 9.17) is 0 Å². The average molecular weight is 593 g/mol. The summed E-state index contributed by atoms with van der Waals surface area (Å²) >= 11 is 0. The van der Waals surface area contributed by atoms with Gasteiger partial charge >= 0.3 is 0 Å². The van der Waals surface area contributed by atoms with Crippen LogP contribution in [0.1, 0.15) is 66.5 Å². The maximum Gasteiger partial charge on any atom is 0.270 e. The summed E-state index contributed by atoms with van der Waals surface area (Å²) < 4.78 is 32.0. The maximum atomic E-state index is 15.1. The minimum Gasteiger partial charge on any atom is -0.347 e. The van der Waals surface area contributed by atoms with Gasteiger partial charge in [0.1, 0.15) is 0 Å². The largest absolute Gasteiger partial charge is 0.347 e. The normalized spacial score (nSPS) is 12.4. The molecule has 6 heteroatoms. The maximum absolute atomic E-state index is 15.1. The molecular formula is C37H40N2O3S. The first-order valence-corrected chi connectivity index (χ1v) is 16.5. The Bertz CT molecular complexity index is 1810. The summed E-state index contributed by atoms with van der Waals surface area (Å²) in [5.74, 6) is -1.34. The summed E-state index contributed by atoms with van der Waals surface area (Å²) in [6.07, 6.45) is 5.17. The van der Waals surface area contributed by atoms with Crippen LogP contribution in [0.3, 0.4) is 0 Å². The summed E-state index contributed by atoms with van der Waals surface area (Å²) in [5.41, 5.74) is 6.06. The predicted octanol–water partition coefficient (Wildman–Crippen LogP) is 8.47. The van der Waals surface area contributed by atoms with Crippen molar-refractivity contribution < 1.29 is 13.2 Å². The second-order valence-corrected chi connectivity index (χ2v) is 13.1. The van der Waals surface area contributed by atoms with Crippen molar-refractivity contribution in [1.82, 2.24) is 4.57 Å². The van der Waals surface area contributed by atoms with Crippen LogP contribution in [0.25, 0.3) is 10.9 Å². The molecule has 0 bridgehead atoms. The monoisotopic (exact) mass is 592 g/mol. The van der Waals surface area contributed by atoms with Crippen LogP contribution in [0.15, 0.2) is 108 Å². The molecule has 1 aromatic heterocycles. The Labute approximate surface area is 255 Å². The lowest BCUT2D eigenvalue weighted by Gasteiger charge is -2.28. The predicted molar refractivity (Wildman–Crippen MR) is 176 cm³/mol. The number of hydrogen-bond donors (Lipinski definition) is 0. The van der Waals surface area contributed by atoms with Gasteiger partial charge in [-0.3, -0.25) is 4.79 Å². The molecule has 0 N–H and O–H groups in total. The Morgan fingerprint density at radius 2 is 1.37 bits per heavy atom. The standard InChI is InChI=1S/C37H40N2O3S/c1-5-6-7-11-18-34-36(32-16-12-13-17-33(32)38(34)4)35(29-23-19-27(2)20-24-29)37(40)39(30-14-9-8-10-15-30)43(41,42)31-25-21-28(3)22-26-31/h8-10,12-17,19-26,35H,5-7,11,18H2,1-4H3. The van der Waals surface area contributed by atoms with E-state index < -0.39 is 21.8 Å². The topological polar surface area (TPSA) is 59.4 Å². The number of aryl methyl sites for hydroxylation is 3. The number of sulfonamides is 1. The third-order valence-corrected chi connectivity index (χ3v) is 9.97. The highest BCUT2D eigenvalue weighted by molar-refractivity contribution is 7.93. The van der Waals surface area contributed by atoms with Crippen molar-refractivity contribution in [3.8, 4) is 0 Å². The van der Waals surface area contributed by atoms with E-state index in [-0.39, 0.29) is 4.90 Å². The van der Waals surface area contributed by atoms with Crippen molar-refractivity contribution in [3.63, 3.8) is 0 Å². The number of carbonyl (C=O) groups excluding carboxylic acids is 1. The van der Waals surface area contributed by atoms with Crippen molar-refractivity contribution in [2.45, 2.75) is 63.7 Å². The third kappa shape index (κ3) is 6.16. The van der Waals surface area contributed by atoms with Crippen molar-refractivity contribution in [1.29, 1.82) is 0 Å². The van der Waals surface area contributed by atoms with Crippen LogP contribution in [0.4, 0.5) is 5.69 Å². The number of hydrogen-bond acceptors (Lipinski definition) is 3. The first kappa shape index (κ1) is 30.3. The Balaban J connectivity index is 1.76. The molecule has 0 fully saturated rings. The van der Waals surface area contributed by atoms with E-state index in [1.165, 1.54) is 0 Å². The van der Waals surface area contributed by atoms with E-state index in [1.54, 1.807) is 48.5 Å². The van der Waals surface area contributed by atoms with Gasteiger partial charge in [0.05, 0.1) is 16.5 Å². The van der Waals surface area contributed by atoms with Gasteiger partial charge in [-0.1, -0.05) is 110 Å². The number of carbonyl (C=O) groups is 1. The quantitative estimate of drug-likeness (QED) is 0.145. The SMILES string of the molecule is CCCCCCc1c(C(C(=O)N(c2ccccc2)S(=O)(=O)c2ccc(C)cc2)c2ccc(C)cc2)c2ccccc2n1C. The van der Waals surface area contributed by atoms with E-state index in [0.717, 1.165) is 75.3 Å². The van der Waals surface area contributed by atoms with Crippen LogP contribution in [-0.4, -0.2) is 18.9 Å². The van der Waals surface area contributed by atoms with Gasteiger partial charge < -0.3 is 4.57 Å². The average Bonchev–Trinajstić information content (AvgIpc) is 3.28. The number of anilines is 1. The molecule has 1 heterocycles. The zero-order valence-electron chi connectivity index (χ0n) is 25.5. The Kier molecular flexibility index (Phi) is 9.16. The lowest BCUT2D eigenvalue weighted by Crippen LogP contribution is -2.40. The van der Waals surface area contributed by atoms with Crippen LogP contribution >= 0.6 is 0 Å². The zero-order valence-corrected chi connectivity index (χ0v) is 26.3. The molecule has 0 spiro atoms. The van der Waals surface area contributed by atoms with Gasteiger partial charge in [0.25, 0.3) is 15.9 Å². The summed E-state index contributed by atoms with van der Waals surface area (Å²) in [4.78, 5) is 15.2. The van der Waals surface area contributed by atoms with Crippen LogP contribution in [0.2, 0.25) is 0 Å². The Morgan fingerprint density at radius 1 is 0.767 bits per heavy atom. The minimum absolute atomic E-state index is 0.0793. The summed E-state index contributed by atoms with van der Waals surface area (Å²) in [7, 11) is -2.19. The van der Waals surface area contributed by atoms with Crippen molar-refractivity contribution in [2.75, 3.05) is 4.31 Å². The number of aromatic nitrogens is 1. The Hall–Kier alpha value is -4.16. The van der Waals surface area contributed by atoms with E-state index in [1.807, 2.05) is 56.3 Å². The van der Waals surface area contributed by atoms with Gasteiger partial charge in [-0.15, -0.1) is 0 Å². The molecule has 1 atom stereocenters. The number of amides is 1. The second-order valence-electron chi connectivity index (χ2n) is 11.3. The molecule has 1 amide bonds. The molecule has 4 aromatic carbocycles. The second kappa shape index (κ2) is 13.0. The number of benzene rings is 4. The van der Waals surface area contributed by atoms with E-state index >= 15 is 4.79 Å². The fourth-order valence-electron chi connectivity index (χ4n) is 5.89. The van der Waals surface area contributed by atoms with E-state index in [0.29, 0.717) is 5.69 Å². The molecule has 0 saturated heterocycles.